The molecule has 0 saturated heterocycles. The Kier molecular flexibility index (Phi) is 4.29. The first-order chi connectivity index (χ1) is 7.54. The molecule has 1 N–H and O–H groups in total. The molecule has 0 radical (unpaired) electrons. The van der Waals surface area contributed by atoms with Gasteiger partial charge in [-0.2, -0.15) is 0 Å². The summed E-state index contributed by atoms with van der Waals surface area (Å²) in [6.07, 6.45) is 5.20. The lowest BCUT2D eigenvalue weighted by molar-refractivity contribution is -0.384. The molecule has 0 bridgehead atoms. The van der Waals surface area contributed by atoms with Crippen LogP contribution in [-0.2, 0) is 6.54 Å². The van der Waals surface area contributed by atoms with Gasteiger partial charge in [0.1, 0.15) is 0 Å². The van der Waals surface area contributed by atoms with Crippen LogP contribution in [0.2, 0.25) is 5.02 Å². The molecule has 1 unspecified atom stereocenters. The first-order valence-electron chi connectivity index (χ1n) is 4.67. The van der Waals surface area contributed by atoms with Crippen LogP contribution in [0.15, 0.2) is 18.2 Å². The van der Waals surface area contributed by atoms with Gasteiger partial charge in [-0.25, -0.2) is 0 Å². The van der Waals surface area contributed by atoms with Gasteiger partial charge in [0.2, 0.25) is 0 Å². The van der Waals surface area contributed by atoms with Crippen molar-refractivity contribution in [3.8, 4) is 12.3 Å². The van der Waals surface area contributed by atoms with Gasteiger partial charge >= 0.3 is 0 Å². The lowest BCUT2D eigenvalue weighted by Gasteiger charge is -2.08. The Balaban J connectivity index is 2.83. The molecular formula is C11H11ClN2O2. The van der Waals surface area contributed by atoms with Crippen molar-refractivity contribution in [3.05, 3.63) is 38.9 Å². The number of nitro benzene ring substituents is 1. The van der Waals surface area contributed by atoms with Gasteiger partial charge in [-0.3, -0.25) is 15.4 Å². The number of hydrogen-bond acceptors (Lipinski definition) is 3. The van der Waals surface area contributed by atoms with Crippen molar-refractivity contribution in [2.75, 3.05) is 0 Å². The smallest absolute Gasteiger partial charge is 0.269 e. The Morgan fingerprint density at radius 2 is 2.38 bits per heavy atom. The zero-order valence-electron chi connectivity index (χ0n) is 8.74. The van der Waals surface area contributed by atoms with Crippen LogP contribution in [-0.4, -0.2) is 11.0 Å². The largest absolute Gasteiger partial charge is 0.300 e. The normalized spacial score (nSPS) is 11.8. The van der Waals surface area contributed by atoms with E-state index in [2.05, 4.69) is 11.2 Å². The van der Waals surface area contributed by atoms with E-state index in [-0.39, 0.29) is 11.7 Å². The summed E-state index contributed by atoms with van der Waals surface area (Å²) >= 11 is 5.91. The molecule has 16 heavy (non-hydrogen) atoms. The van der Waals surface area contributed by atoms with Crippen LogP contribution in [0.5, 0.6) is 0 Å². The van der Waals surface area contributed by atoms with Crippen LogP contribution in [0.3, 0.4) is 0 Å². The summed E-state index contributed by atoms with van der Waals surface area (Å²) in [6.45, 7) is 2.23. The topological polar surface area (TPSA) is 55.2 Å². The van der Waals surface area contributed by atoms with E-state index in [1.54, 1.807) is 0 Å². The molecule has 84 valence electrons. The van der Waals surface area contributed by atoms with Crippen LogP contribution in [0.4, 0.5) is 5.69 Å². The number of benzene rings is 1. The molecule has 1 atom stereocenters. The highest BCUT2D eigenvalue weighted by molar-refractivity contribution is 6.31. The molecular weight excluding hydrogens is 228 g/mol. The second-order valence-corrected chi connectivity index (χ2v) is 3.71. The molecule has 0 saturated carbocycles. The van der Waals surface area contributed by atoms with E-state index < -0.39 is 4.92 Å². The van der Waals surface area contributed by atoms with Gasteiger partial charge in [-0.15, -0.1) is 6.42 Å². The Morgan fingerprint density at radius 3 is 2.94 bits per heavy atom. The summed E-state index contributed by atoms with van der Waals surface area (Å²) in [4.78, 5) is 10.1. The highest BCUT2D eigenvalue weighted by Gasteiger charge is 2.09. The number of non-ortho nitro benzene ring substituents is 1. The fraction of sp³-hybridized carbons (Fsp3) is 0.273. The van der Waals surface area contributed by atoms with Gasteiger partial charge in [0, 0.05) is 23.7 Å². The molecule has 0 spiro atoms. The van der Waals surface area contributed by atoms with Crippen LogP contribution in [0, 0.1) is 22.5 Å². The third-order valence-corrected chi connectivity index (χ3v) is 2.46. The second-order valence-electron chi connectivity index (χ2n) is 3.30. The third kappa shape index (κ3) is 3.23. The Hall–Kier alpha value is -1.57. The van der Waals surface area contributed by atoms with Crippen molar-refractivity contribution < 1.29 is 4.92 Å². The van der Waals surface area contributed by atoms with Crippen molar-refractivity contribution in [1.29, 1.82) is 0 Å². The van der Waals surface area contributed by atoms with E-state index in [9.17, 15) is 10.1 Å². The standard InChI is InChI=1S/C11H11ClN2O2/c1-3-8(2)13-7-9-6-10(14(15)16)4-5-11(9)12/h1,4-6,8,13H,7H2,2H3. The van der Waals surface area contributed by atoms with Gasteiger partial charge in [0.05, 0.1) is 11.0 Å². The Labute approximate surface area is 98.8 Å². The molecule has 0 amide bonds. The molecule has 0 aromatic heterocycles. The molecule has 0 aliphatic carbocycles. The van der Waals surface area contributed by atoms with E-state index in [4.69, 9.17) is 18.0 Å². The van der Waals surface area contributed by atoms with Gasteiger partial charge in [-0.1, -0.05) is 17.5 Å². The summed E-state index contributed by atoms with van der Waals surface area (Å²) in [6, 6.07) is 4.22. The number of hydrogen-bond donors (Lipinski definition) is 1. The molecule has 0 aliphatic heterocycles. The van der Waals surface area contributed by atoms with Crippen molar-refractivity contribution in [2.24, 2.45) is 0 Å². The highest BCUT2D eigenvalue weighted by atomic mass is 35.5. The van der Waals surface area contributed by atoms with Crippen LogP contribution < -0.4 is 5.32 Å². The molecule has 0 aliphatic rings. The number of rotatable bonds is 4. The van der Waals surface area contributed by atoms with Crippen molar-refractivity contribution in [2.45, 2.75) is 19.5 Å². The first-order valence-corrected chi connectivity index (χ1v) is 5.04. The van der Waals surface area contributed by atoms with Gasteiger partial charge < -0.3 is 0 Å². The van der Waals surface area contributed by atoms with E-state index in [0.29, 0.717) is 17.1 Å². The number of halogens is 1. The predicted octanol–water partition coefficient (Wildman–Crippen LogP) is 2.36. The van der Waals surface area contributed by atoms with Gasteiger partial charge in [0.15, 0.2) is 0 Å². The Morgan fingerprint density at radius 1 is 1.69 bits per heavy atom. The van der Waals surface area contributed by atoms with Gasteiger partial charge in [0.25, 0.3) is 5.69 Å². The summed E-state index contributed by atoms with van der Waals surface area (Å²) in [5.74, 6) is 2.50. The Bertz CT molecular complexity index is 440. The molecule has 1 aromatic rings. The maximum absolute atomic E-state index is 10.6. The molecule has 0 fully saturated rings. The zero-order valence-corrected chi connectivity index (χ0v) is 9.49. The zero-order chi connectivity index (χ0) is 12.1. The van der Waals surface area contributed by atoms with Crippen LogP contribution >= 0.6 is 11.6 Å². The lowest BCUT2D eigenvalue weighted by Crippen LogP contribution is -2.23. The number of nitrogens with zero attached hydrogens (tertiary/aromatic N) is 1. The van der Waals surface area contributed by atoms with Crippen molar-refractivity contribution in [1.82, 2.24) is 5.32 Å². The molecule has 4 nitrogen and oxygen atoms in total. The molecule has 1 rings (SSSR count). The summed E-state index contributed by atoms with van der Waals surface area (Å²) in [7, 11) is 0. The average Bonchev–Trinajstić information content (AvgIpc) is 2.27. The molecule has 1 aromatic carbocycles. The average molecular weight is 239 g/mol. The van der Waals surface area contributed by atoms with E-state index >= 15 is 0 Å². The van der Waals surface area contributed by atoms with Crippen LogP contribution in [0.25, 0.3) is 0 Å². The monoisotopic (exact) mass is 238 g/mol. The molecule has 0 heterocycles. The van der Waals surface area contributed by atoms with E-state index in [1.807, 2.05) is 6.92 Å². The first kappa shape index (κ1) is 12.5. The predicted molar refractivity (Wildman–Crippen MR) is 63.2 cm³/mol. The van der Waals surface area contributed by atoms with Crippen molar-refractivity contribution >= 4 is 17.3 Å². The molecule has 5 heteroatoms. The minimum absolute atomic E-state index is 0.0227. The van der Waals surface area contributed by atoms with Crippen LogP contribution in [0.1, 0.15) is 12.5 Å². The quantitative estimate of drug-likeness (QED) is 0.498. The maximum atomic E-state index is 10.6. The summed E-state index contributed by atoms with van der Waals surface area (Å²) < 4.78 is 0. The minimum atomic E-state index is -0.454. The van der Waals surface area contributed by atoms with Crippen molar-refractivity contribution in [3.63, 3.8) is 0 Å². The fourth-order valence-corrected chi connectivity index (χ4v) is 1.32. The fourth-order valence-electron chi connectivity index (χ4n) is 1.13. The second kappa shape index (κ2) is 5.50. The third-order valence-electron chi connectivity index (χ3n) is 2.09. The summed E-state index contributed by atoms with van der Waals surface area (Å²) in [5.41, 5.74) is 0.688. The maximum Gasteiger partial charge on any atom is 0.269 e. The highest BCUT2D eigenvalue weighted by Crippen LogP contribution is 2.21. The number of terminal acetylenes is 1. The summed E-state index contributed by atoms with van der Waals surface area (Å²) in [5, 5.41) is 14.1. The lowest BCUT2D eigenvalue weighted by atomic mass is 10.2. The van der Waals surface area contributed by atoms with E-state index in [0.717, 1.165) is 0 Å². The SMILES string of the molecule is C#CC(C)NCc1cc([N+](=O)[O-])ccc1Cl. The van der Waals surface area contributed by atoms with Gasteiger partial charge in [-0.05, 0) is 18.6 Å². The van der Waals surface area contributed by atoms with E-state index in [1.165, 1.54) is 18.2 Å². The number of nitrogens with one attached hydrogen (secondary N) is 1. The minimum Gasteiger partial charge on any atom is -0.300 e. The number of nitro groups is 1.